The van der Waals surface area contributed by atoms with Crippen LogP contribution in [0.3, 0.4) is 0 Å². The van der Waals surface area contributed by atoms with Gasteiger partial charge in [0.2, 0.25) is 0 Å². The van der Waals surface area contributed by atoms with Gasteiger partial charge in [-0.2, -0.15) is 5.26 Å². The Labute approximate surface area is 113 Å². The number of aromatic nitrogens is 2. The second-order valence-electron chi connectivity index (χ2n) is 3.61. The van der Waals surface area contributed by atoms with Crippen molar-refractivity contribution in [2.75, 3.05) is 10.6 Å². The van der Waals surface area contributed by atoms with Gasteiger partial charge in [0.15, 0.2) is 6.19 Å². The lowest BCUT2D eigenvalue weighted by Crippen LogP contribution is -1.98. The largest absolute Gasteiger partial charge is 0.340 e. The summed E-state index contributed by atoms with van der Waals surface area (Å²) in [5.74, 6) is 1.09. The zero-order valence-electron chi connectivity index (χ0n) is 9.61. The third-order valence-electron chi connectivity index (χ3n) is 2.28. The second kappa shape index (κ2) is 5.47. The van der Waals surface area contributed by atoms with Gasteiger partial charge in [-0.05, 0) is 30.7 Å². The molecule has 0 amide bonds. The van der Waals surface area contributed by atoms with E-state index in [2.05, 4.69) is 36.5 Å². The summed E-state index contributed by atoms with van der Waals surface area (Å²) in [7, 11) is 0. The molecule has 1 aromatic carbocycles. The summed E-state index contributed by atoms with van der Waals surface area (Å²) in [5, 5.41) is 14.1. The number of hydrogen-bond acceptors (Lipinski definition) is 5. The predicted octanol–water partition coefficient (Wildman–Crippen LogP) is 3.18. The maximum absolute atomic E-state index is 8.52. The van der Waals surface area contributed by atoms with E-state index in [4.69, 9.17) is 5.26 Å². The van der Waals surface area contributed by atoms with Crippen LogP contribution in [0.15, 0.2) is 35.1 Å². The van der Waals surface area contributed by atoms with Crippen molar-refractivity contribution >= 4 is 33.3 Å². The lowest BCUT2D eigenvalue weighted by atomic mass is 10.2. The Hall–Kier alpha value is -2.13. The monoisotopic (exact) mass is 303 g/mol. The summed E-state index contributed by atoms with van der Waals surface area (Å²) in [4.78, 5) is 8.00. The fourth-order valence-electron chi connectivity index (χ4n) is 1.42. The molecule has 2 N–H and O–H groups in total. The van der Waals surface area contributed by atoms with E-state index in [-0.39, 0.29) is 0 Å². The number of rotatable bonds is 3. The molecule has 6 heteroatoms. The van der Waals surface area contributed by atoms with Gasteiger partial charge in [0.05, 0.1) is 0 Å². The Morgan fingerprint density at radius 1 is 1.22 bits per heavy atom. The highest BCUT2D eigenvalue weighted by Gasteiger charge is 2.01. The standard InChI is InChI=1S/C12H10BrN5/c1-8-4-9(2-3-10(8)13)18-12-5-11(15-6-14)16-7-17-12/h2-5,7H,1H3,(H2,15,16,17,18). The molecule has 2 rings (SSSR count). The van der Waals surface area contributed by atoms with Gasteiger partial charge in [-0.25, -0.2) is 9.97 Å². The zero-order chi connectivity index (χ0) is 13.0. The fourth-order valence-corrected chi connectivity index (χ4v) is 1.67. The van der Waals surface area contributed by atoms with E-state index in [1.54, 1.807) is 6.07 Å². The molecular formula is C12H10BrN5. The summed E-state index contributed by atoms with van der Waals surface area (Å²) in [6.45, 7) is 2.01. The average Bonchev–Trinajstić information content (AvgIpc) is 2.35. The van der Waals surface area contributed by atoms with E-state index in [0.717, 1.165) is 15.7 Å². The van der Waals surface area contributed by atoms with Crippen LogP contribution in [-0.4, -0.2) is 9.97 Å². The van der Waals surface area contributed by atoms with Crippen LogP contribution < -0.4 is 10.6 Å². The highest BCUT2D eigenvalue weighted by Crippen LogP contribution is 2.22. The van der Waals surface area contributed by atoms with Crippen molar-refractivity contribution in [3.8, 4) is 6.19 Å². The number of nitriles is 1. The minimum atomic E-state index is 0.462. The van der Waals surface area contributed by atoms with Crippen LogP contribution in [0.5, 0.6) is 0 Å². The molecule has 0 atom stereocenters. The molecule has 0 aliphatic rings. The molecule has 90 valence electrons. The third kappa shape index (κ3) is 2.96. The number of halogens is 1. The smallest absolute Gasteiger partial charge is 0.182 e. The Bertz CT molecular complexity index is 606. The van der Waals surface area contributed by atoms with Crippen molar-refractivity contribution in [2.45, 2.75) is 6.92 Å². The maximum atomic E-state index is 8.52. The van der Waals surface area contributed by atoms with E-state index in [9.17, 15) is 0 Å². The van der Waals surface area contributed by atoms with Gasteiger partial charge in [-0.3, -0.25) is 5.32 Å². The molecule has 0 spiro atoms. The average molecular weight is 304 g/mol. The fraction of sp³-hybridized carbons (Fsp3) is 0.0833. The molecule has 1 aromatic heterocycles. The number of hydrogen-bond donors (Lipinski definition) is 2. The minimum absolute atomic E-state index is 0.462. The highest BCUT2D eigenvalue weighted by molar-refractivity contribution is 9.10. The lowest BCUT2D eigenvalue weighted by Gasteiger charge is -2.07. The van der Waals surface area contributed by atoms with Gasteiger partial charge < -0.3 is 5.32 Å². The van der Waals surface area contributed by atoms with E-state index >= 15 is 0 Å². The quantitative estimate of drug-likeness (QED) is 0.673. The van der Waals surface area contributed by atoms with Crippen LogP contribution in [0.4, 0.5) is 17.3 Å². The number of nitrogens with zero attached hydrogens (tertiary/aromatic N) is 3. The summed E-state index contributed by atoms with van der Waals surface area (Å²) in [6, 6.07) is 7.58. The maximum Gasteiger partial charge on any atom is 0.182 e. The molecule has 0 aliphatic heterocycles. The first-order chi connectivity index (χ1) is 8.69. The molecule has 0 unspecified atom stereocenters. The van der Waals surface area contributed by atoms with Crippen LogP contribution in [0.2, 0.25) is 0 Å². The molecule has 0 fully saturated rings. The molecule has 18 heavy (non-hydrogen) atoms. The molecule has 0 saturated heterocycles. The van der Waals surface area contributed by atoms with Crippen molar-refractivity contribution in [3.05, 3.63) is 40.6 Å². The number of anilines is 3. The van der Waals surface area contributed by atoms with Crippen LogP contribution in [-0.2, 0) is 0 Å². The molecule has 0 saturated carbocycles. The Kier molecular flexibility index (Phi) is 3.75. The Balaban J connectivity index is 2.20. The Morgan fingerprint density at radius 2 is 2.00 bits per heavy atom. The van der Waals surface area contributed by atoms with Crippen LogP contribution in [0.1, 0.15) is 5.56 Å². The van der Waals surface area contributed by atoms with Crippen LogP contribution in [0.25, 0.3) is 0 Å². The zero-order valence-corrected chi connectivity index (χ0v) is 11.2. The molecule has 0 radical (unpaired) electrons. The summed E-state index contributed by atoms with van der Waals surface area (Å²) in [5.41, 5.74) is 2.06. The van der Waals surface area contributed by atoms with Gasteiger partial charge in [0, 0.05) is 16.2 Å². The lowest BCUT2D eigenvalue weighted by molar-refractivity contribution is 1.17. The van der Waals surface area contributed by atoms with Gasteiger partial charge in [-0.15, -0.1) is 0 Å². The molecule has 0 aliphatic carbocycles. The molecule has 0 bridgehead atoms. The highest BCUT2D eigenvalue weighted by atomic mass is 79.9. The second-order valence-corrected chi connectivity index (χ2v) is 4.47. The number of nitrogens with one attached hydrogen (secondary N) is 2. The van der Waals surface area contributed by atoms with Gasteiger partial charge in [-0.1, -0.05) is 15.9 Å². The first-order valence-electron chi connectivity index (χ1n) is 5.19. The third-order valence-corrected chi connectivity index (χ3v) is 3.17. The van der Waals surface area contributed by atoms with Gasteiger partial charge in [0.1, 0.15) is 18.0 Å². The summed E-state index contributed by atoms with van der Waals surface area (Å²) in [6.07, 6.45) is 3.21. The Morgan fingerprint density at radius 3 is 2.72 bits per heavy atom. The molecule has 1 heterocycles. The number of aryl methyl sites for hydroxylation is 1. The van der Waals surface area contributed by atoms with Crippen molar-refractivity contribution in [2.24, 2.45) is 0 Å². The minimum Gasteiger partial charge on any atom is -0.340 e. The van der Waals surface area contributed by atoms with Crippen molar-refractivity contribution in [1.29, 1.82) is 5.26 Å². The summed E-state index contributed by atoms with van der Waals surface area (Å²) < 4.78 is 1.06. The van der Waals surface area contributed by atoms with Crippen LogP contribution >= 0.6 is 15.9 Å². The van der Waals surface area contributed by atoms with Crippen molar-refractivity contribution in [1.82, 2.24) is 9.97 Å². The molecular weight excluding hydrogens is 294 g/mol. The number of benzene rings is 1. The predicted molar refractivity (Wildman–Crippen MR) is 73.4 cm³/mol. The van der Waals surface area contributed by atoms with E-state index in [0.29, 0.717) is 11.6 Å². The molecule has 2 aromatic rings. The topological polar surface area (TPSA) is 73.6 Å². The van der Waals surface area contributed by atoms with E-state index in [1.165, 1.54) is 6.33 Å². The van der Waals surface area contributed by atoms with Crippen LogP contribution in [0, 0.1) is 18.4 Å². The first-order valence-corrected chi connectivity index (χ1v) is 5.98. The van der Waals surface area contributed by atoms with E-state index in [1.807, 2.05) is 31.3 Å². The van der Waals surface area contributed by atoms with E-state index < -0.39 is 0 Å². The summed E-state index contributed by atoms with van der Waals surface area (Å²) >= 11 is 3.45. The van der Waals surface area contributed by atoms with Crippen molar-refractivity contribution < 1.29 is 0 Å². The van der Waals surface area contributed by atoms with Gasteiger partial charge in [0.25, 0.3) is 0 Å². The normalized spacial score (nSPS) is 9.61. The first kappa shape index (κ1) is 12.3. The van der Waals surface area contributed by atoms with Crippen molar-refractivity contribution in [3.63, 3.8) is 0 Å². The van der Waals surface area contributed by atoms with Gasteiger partial charge >= 0.3 is 0 Å². The molecule has 5 nitrogen and oxygen atoms in total. The SMILES string of the molecule is Cc1cc(Nc2cc(NC#N)ncn2)ccc1Br.